The number of amides is 1. The van der Waals surface area contributed by atoms with Crippen molar-refractivity contribution in [3.8, 4) is 0 Å². The number of alkyl halides is 3. The highest BCUT2D eigenvalue weighted by Crippen LogP contribution is 2.34. The molecule has 24 heavy (non-hydrogen) atoms. The van der Waals surface area contributed by atoms with Crippen molar-refractivity contribution in [2.24, 2.45) is 0 Å². The second kappa shape index (κ2) is 6.93. The van der Waals surface area contributed by atoms with Crippen LogP contribution in [0.25, 0.3) is 0 Å². The Kier molecular flexibility index (Phi) is 4.96. The summed E-state index contributed by atoms with van der Waals surface area (Å²) < 4.78 is 37.8. The molecule has 1 aromatic carbocycles. The van der Waals surface area contributed by atoms with E-state index in [0.29, 0.717) is 6.07 Å². The van der Waals surface area contributed by atoms with Gasteiger partial charge in [-0.3, -0.25) is 20.2 Å². The Morgan fingerprint density at radius 1 is 1.38 bits per heavy atom. The van der Waals surface area contributed by atoms with Gasteiger partial charge in [0.25, 0.3) is 5.69 Å². The lowest BCUT2D eigenvalue weighted by molar-refractivity contribution is -0.384. The number of hydrogen-bond acceptors (Lipinski definition) is 6. The first-order chi connectivity index (χ1) is 11.3. The van der Waals surface area contributed by atoms with Crippen molar-refractivity contribution in [1.29, 1.82) is 0 Å². The number of nitrogens with one attached hydrogen (secondary N) is 3. The summed E-state index contributed by atoms with van der Waals surface area (Å²) in [4.78, 5) is 25.2. The number of benzene rings is 1. The summed E-state index contributed by atoms with van der Waals surface area (Å²) in [5.41, 5.74) is -1.95. The lowest BCUT2D eigenvalue weighted by Crippen LogP contribution is -2.17. The summed E-state index contributed by atoms with van der Waals surface area (Å²) in [5, 5.41) is 21.8. The van der Waals surface area contributed by atoms with Crippen LogP contribution in [-0.4, -0.2) is 32.6 Å². The zero-order valence-electron chi connectivity index (χ0n) is 11.9. The molecule has 1 heterocycles. The second-order valence-electron chi connectivity index (χ2n) is 4.55. The SMILES string of the molecule is O=C(CCNc1ccc(C(F)(F)F)cc1[N+](=O)[O-])Nc1ncn[nH]1. The van der Waals surface area contributed by atoms with Gasteiger partial charge in [0.1, 0.15) is 12.0 Å². The van der Waals surface area contributed by atoms with Crippen LogP contribution in [0.5, 0.6) is 0 Å². The van der Waals surface area contributed by atoms with Gasteiger partial charge in [-0.1, -0.05) is 0 Å². The molecule has 1 amide bonds. The summed E-state index contributed by atoms with van der Waals surface area (Å²) in [7, 11) is 0. The van der Waals surface area contributed by atoms with Crippen LogP contribution in [0.1, 0.15) is 12.0 Å². The molecule has 12 heteroatoms. The number of nitro groups is 1. The number of aromatic amines is 1. The minimum absolute atomic E-state index is 0.0217. The third-order valence-electron chi connectivity index (χ3n) is 2.86. The number of H-pyrrole nitrogens is 1. The van der Waals surface area contributed by atoms with Gasteiger partial charge in [0.05, 0.1) is 10.5 Å². The van der Waals surface area contributed by atoms with Gasteiger partial charge in [0.15, 0.2) is 0 Å². The van der Waals surface area contributed by atoms with E-state index in [1.807, 2.05) is 0 Å². The second-order valence-corrected chi connectivity index (χ2v) is 4.55. The largest absolute Gasteiger partial charge is 0.416 e. The molecule has 9 nitrogen and oxygen atoms in total. The fourth-order valence-corrected chi connectivity index (χ4v) is 1.78. The third-order valence-corrected chi connectivity index (χ3v) is 2.86. The molecule has 0 aliphatic heterocycles. The number of rotatable bonds is 6. The van der Waals surface area contributed by atoms with Crippen molar-refractivity contribution < 1.29 is 22.9 Å². The molecular weight excluding hydrogens is 333 g/mol. The van der Waals surface area contributed by atoms with E-state index in [0.717, 1.165) is 12.1 Å². The first-order valence-electron chi connectivity index (χ1n) is 6.52. The lowest BCUT2D eigenvalue weighted by atomic mass is 10.1. The summed E-state index contributed by atoms with van der Waals surface area (Å²) in [6.07, 6.45) is -3.57. The number of anilines is 2. The third kappa shape index (κ3) is 4.41. The Morgan fingerprint density at radius 3 is 2.71 bits per heavy atom. The Labute approximate surface area is 132 Å². The molecule has 0 bridgehead atoms. The lowest BCUT2D eigenvalue weighted by Gasteiger charge is -2.10. The Hall–Kier alpha value is -3.18. The van der Waals surface area contributed by atoms with Crippen molar-refractivity contribution in [3.05, 3.63) is 40.2 Å². The van der Waals surface area contributed by atoms with Gasteiger partial charge in [0.2, 0.25) is 11.9 Å². The molecule has 0 saturated carbocycles. The summed E-state index contributed by atoms with van der Waals surface area (Å²) in [6, 6.07) is 2.12. The average Bonchev–Trinajstić information content (AvgIpc) is 2.99. The molecule has 2 aromatic rings. The maximum absolute atomic E-state index is 12.6. The van der Waals surface area contributed by atoms with E-state index in [9.17, 15) is 28.1 Å². The summed E-state index contributed by atoms with van der Waals surface area (Å²) in [5.74, 6) is -0.311. The molecule has 1 aromatic heterocycles. The van der Waals surface area contributed by atoms with Crippen LogP contribution in [0.2, 0.25) is 0 Å². The minimum atomic E-state index is -4.68. The van der Waals surface area contributed by atoms with E-state index in [4.69, 9.17) is 0 Å². The van der Waals surface area contributed by atoms with Gasteiger partial charge >= 0.3 is 6.18 Å². The molecule has 3 N–H and O–H groups in total. The van der Waals surface area contributed by atoms with Gasteiger partial charge in [-0.15, -0.1) is 0 Å². The van der Waals surface area contributed by atoms with Crippen molar-refractivity contribution in [2.45, 2.75) is 12.6 Å². The van der Waals surface area contributed by atoms with Crippen LogP contribution in [0.4, 0.5) is 30.5 Å². The van der Waals surface area contributed by atoms with Crippen molar-refractivity contribution >= 4 is 23.2 Å². The molecule has 2 rings (SSSR count). The van der Waals surface area contributed by atoms with Crippen LogP contribution in [-0.2, 0) is 11.0 Å². The predicted molar refractivity (Wildman–Crippen MR) is 76.2 cm³/mol. The Balaban J connectivity index is 1.99. The number of carbonyl (C=O) groups excluding carboxylic acids is 1. The Bertz CT molecular complexity index is 732. The molecule has 0 spiro atoms. The van der Waals surface area contributed by atoms with E-state index in [1.165, 1.54) is 6.33 Å². The highest BCUT2D eigenvalue weighted by Gasteiger charge is 2.33. The summed E-state index contributed by atoms with van der Waals surface area (Å²) >= 11 is 0. The number of hydrogen-bond donors (Lipinski definition) is 3. The molecule has 128 valence electrons. The van der Waals surface area contributed by atoms with Crippen molar-refractivity contribution in [2.75, 3.05) is 17.2 Å². The van der Waals surface area contributed by atoms with Crippen LogP contribution >= 0.6 is 0 Å². The van der Waals surface area contributed by atoms with Crippen molar-refractivity contribution in [1.82, 2.24) is 15.2 Å². The quantitative estimate of drug-likeness (QED) is 0.545. The van der Waals surface area contributed by atoms with E-state index in [-0.39, 0.29) is 24.6 Å². The van der Waals surface area contributed by atoms with E-state index in [2.05, 4.69) is 25.8 Å². The molecule has 0 atom stereocenters. The smallest absolute Gasteiger partial charge is 0.379 e. The van der Waals surface area contributed by atoms with Gasteiger partial charge in [-0.05, 0) is 12.1 Å². The first kappa shape index (κ1) is 17.2. The van der Waals surface area contributed by atoms with Gasteiger partial charge in [-0.2, -0.15) is 23.3 Å². The normalized spacial score (nSPS) is 11.1. The standard InChI is InChI=1S/C12H11F3N6O3/c13-12(14,15)7-1-2-8(9(5-7)21(23)24)16-4-3-10(22)19-11-17-6-18-20-11/h1-2,5-6,16H,3-4H2,(H2,17,18,19,20,22). The maximum Gasteiger partial charge on any atom is 0.416 e. The van der Waals surface area contributed by atoms with Crippen LogP contribution in [0, 0.1) is 10.1 Å². The zero-order valence-corrected chi connectivity index (χ0v) is 11.9. The van der Waals surface area contributed by atoms with Crippen LogP contribution < -0.4 is 10.6 Å². The monoisotopic (exact) mass is 344 g/mol. The van der Waals surface area contributed by atoms with Crippen LogP contribution in [0.3, 0.4) is 0 Å². The topological polar surface area (TPSA) is 126 Å². The van der Waals surface area contributed by atoms with Gasteiger partial charge < -0.3 is 5.32 Å². The zero-order chi connectivity index (χ0) is 17.7. The van der Waals surface area contributed by atoms with Crippen molar-refractivity contribution in [3.63, 3.8) is 0 Å². The number of halogens is 3. The first-order valence-corrected chi connectivity index (χ1v) is 6.52. The highest BCUT2D eigenvalue weighted by atomic mass is 19.4. The molecule has 0 aliphatic rings. The summed E-state index contributed by atoms with van der Waals surface area (Å²) in [6.45, 7) is -0.0217. The molecular formula is C12H11F3N6O3. The minimum Gasteiger partial charge on any atom is -0.379 e. The number of aromatic nitrogens is 3. The number of nitrogens with zero attached hydrogens (tertiary/aromatic N) is 3. The Morgan fingerprint density at radius 2 is 2.12 bits per heavy atom. The van der Waals surface area contributed by atoms with E-state index >= 15 is 0 Å². The molecule has 0 saturated heterocycles. The highest BCUT2D eigenvalue weighted by molar-refractivity contribution is 5.89. The number of nitro benzene ring substituents is 1. The molecule has 0 aliphatic carbocycles. The molecule has 0 radical (unpaired) electrons. The number of carbonyl (C=O) groups is 1. The molecule has 0 fully saturated rings. The van der Waals surface area contributed by atoms with Gasteiger partial charge in [0, 0.05) is 19.0 Å². The fourth-order valence-electron chi connectivity index (χ4n) is 1.78. The fraction of sp³-hybridized carbons (Fsp3) is 0.250. The van der Waals surface area contributed by atoms with E-state index < -0.39 is 28.3 Å². The molecule has 0 unspecified atom stereocenters. The average molecular weight is 344 g/mol. The predicted octanol–water partition coefficient (Wildman–Crippen LogP) is 2.17. The van der Waals surface area contributed by atoms with Gasteiger partial charge in [-0.25, -0.2) is 5.10 Å². The van der Waals surface area contributed by atoms with Crippen LogP contribution in [0.15, 0.2) is 24.5 Å². The maximum atomic E-state index is 12.6. The van der Waals surface area contributed by atoms with E-state index in [1.54, 1.807) is 0 Å².